The zero-order valence-corrected chi connectivity index (χ0v) is 21.2. The van der Waals surface area contributed by atoms with Crippen LogP contribution in [-0.4, -0.2) is 65.9 Å². The number of rotatable bonds is 9. The normalized spacial score (nSPS) is 17.7. The van der Waals surface area contributed by atoms with Gasteiger partial charge in [-0.1, -0.05) is 0 Å². The summed E-state index contributed by atoms with van der Waals surface area (Å²) in [6, 6.07) is 7.27. The number of hydrogen-bond donors (Lipinski definition) is 1. The van der Waals surface area contributed by atoms with Crippen LogP contribution >= 0.6 is 0 Å². The van der Waals surface area contributed by atoms with Gasteiger partial charge in [0.1, 0.15) is 5.76 Å². The number of aromatic nitrogens is 2. The van der Waals surface area contributed by atoms with Gasteiger partial charge in [-0.05, 0) is 42.3 Å². The first-order valence-corrected chi connectivity index (χ1v) is 11.9. The van der Waals surface area contributed by atoms with Crippen molar-refractivity contribution < 1.29 is 38.4 Å². The largest absolute Gasteiger partial charge is 0.507 e. The lowest BCUT2D eigenvalue weighted by molar-refractivity contribution is -0.139. The van der Waals surface area contributed by atoms with Gasteiger partial charge in [0, 0.05) is 31.0 Å². The van der Waals surface area contributed by atoms with Crippen molar-refractivity contribution in [2.45, 2.75) is 19.0 Å². The fraction of sp³-hybridized carbons (Fsp3) is 0.296. The highest BCUT2D eigenvalue weighted by atomic mass is 16.7. The molecule has 198 valence electrons. The van der Waals surface area contributed by atoms with Gasteiger partial charge in [-0.2, -0.15) is 0 Å². The minimum atomic E-state index is -0.894. The number of amides is 1. The SMILES string of the molecule is COc1ccc(C(O)=C2C(=O)C(=O)N(CCCn3ccnc3)[C@H]2c2cc(OC)c3c(c2)OCO3)cc1OC. The van der Waals surface area contributed by atoms with Crippen LogP contribution in [0.1, 0.15) is 23.6 Å². The van der Waals surface area contributed by atoms with E-state index in [1.54, 1.807) is 42.9 Å². The smallest absolute Gasteiger partial charge is 0.295 e. The fourth-order valence-corrected chi connectivity index (χ4v) is 4.75. The zero-order valence-electron chi connectivity index (χ0n) is 21.2. The number of nitrogens with zero attached hydrogens (tertiary/aromatic N) is 3. The van der Waals surface area contributed by atoms with Gasteiger partial charge in [-0.15, -0.1) is 0 Å². The molecule has 1 amide bonds. The Hall–Kier alpha value is -4.67. The van der Waals surface area contributed by atoms with Crippen LogP contribution in [0.3, 0.4) is 0 Å². The van der Waals surface area contributed by atoms with Gasteiger partial charge in [-0.25, -0.2) is 4.98 Å². The second-order valence-corrected chi connectivity index (χ2v) is 8.67. The molecular formula is C27H27N3O8. The summed E-state index contributed by atoms with van der Waals surface area (Å²) in [6.07, 6.45) is 5.74. The summed E-state index contributed by atoms with van der Waals surface area (Å²) >= 11 is 0. The summed E-state index contributed by atoms with van der Waals surface area (Å²) in [5, 5.41) is 11.4. The molecule has 0 bridgehead atoms. The predicted molar refractivity (Wildman–Crippen MR) is 135 cm³/mol. The summed E-state index contributed by atoms with van der Waals surface area (Å²) in [7, 11) is 4.46. The third kappa shape index (κ3) is 4.36. The Morgan fingerprint density at radius 1 is 1.03 bits per heavy atom. The Kier molecular flexibility index (Phi) is 6.82. The molecule has 1 atom stereocenters. The highest BCUT2D eigenvalue weighted by molar-refractivity contribution is 6.46. The molecular weight excluding hydrogens is 494 g/mol. The molecule has 5 rings (SSSR count). The summed E-state index contributed by atoms with van der Waals surface area (Å²) in [5.41, 5.74) is 0.789. The van der Waals surface area contributed by atoms with Crippen LogP contribution in [0.15, 0.2) is 54.6 Å². The molecule has 38 heavy (non-hydrogen) atoms. The second-order valence-electron chi connectivity index (χ2n) is 8.67. The zero-order chi connectivity index (χ0) is 26.8. The number of aliphatic hydroxyl groups is 1. The third-order valence-corrected chi connectivity index (χ3v) is 6.57. The van der Waals surface area contributed by atoms with E-state index < -0.39 is 17.7 Å². The highest BCUT2D eigenvalue weighted by Gasteiger charge is 2.46. The Morgan fingerprint density at radius 2 is 1.82 bits per heavy atom. The number of methoxy groups -OCH3 is 3. The Balaban J connectivity index is 1.61. The fourth-order valence-electron chi connectivity index (χ4n) is 4.75. The number of benzene rings is 2. The molecule has 11 nitrogen and oxygen atoms in total. The molecule has 1 aromatic heterocycles. The molecule has 0 radical (unpaired) electrons. The minimum Gasteiger partial charge on any atom is -0.507 e. The maximum Gasteiger partial charge on any atom is 0.295 e. The second kappa shape index (κ2) is 10.4. The molecule has 11 heteroatoms. The maximum absolute atomic E-state index is 13.4. The Bertz CT molecular complexity index is 1400. The van der Waals surface area contributed by atoms with Gasteiger partial charge >= 0.3 is 0 Å². The number of fused-ring (bicyclic) bond motifs is 1. The first-order valence-electron chi connectivity index (χ1n) is 11.9. The van der Waals surface area contributed by atoms with Crippen molar-refractivity contribution in [2.24, 2.45) is 0 Å². The van der Waals surface area contributed by atoms with E-state index in [-0.39, 0.29) is 24.7 Å². The van der Waals surface area contributed by atoms with Crippen molar-refractivity contribution in [1.29, 1.82) is 0 Å². The molecule has 0 spiro atoms. The Morgan fingerprint density at radius 3 is 2.53 bits per heavy atom. The molecule has 3 aromatic rings. The quantitative estimate of drug-likeness (QED) is 0.257. The van der Waals surface area contributed by atoms with E-state index in [1.165, 1.54) is 26.2 Å². The number of Topliss-reactive ketones (excluding diaryl/α,β-unsaturated/α-hetero) is 1. The number of hydrogen-bond acceptors (Lipinski definition) is 9. The van der Waals surface area contributed by atoms with E-state index in [0.29, 0.717) is 52.8 Å². The van der Waals surface area contributed by atoms with Crippen molar-refractivity contribution >= 4 is 17.4 Å². The predicted octanol–water partition coefficient (Wildman–Crippen LogP) is 3.15. The monoisotopic (exact) mass is 521 g/mol. The van der Waals surface area contributed by atoms with E-state index in [2.05, 4.69) is 4.98 Å². The van der Waals surface area contributed by atoms with Crippen LogP contribution in [0.5, 0.6) is 28.7 Å². The lowest BCUT2D eigenvalue weighted by Gasteiger charge is -2.26. The lowest BCUT2D eigenvalue weighted by atomic mass is 9.94. The molecule has 0 aliphatic carbocycles. The molecule has 0 saturated carbocycles. The van der Waals surface area contributed by atoms with E-state index in [1.807, 2.05) is 10.8 Å². The molecule has 0 unspecified atom stereocenters. The first-order chi connectivity index (χ1) is 18.5. The lowest BCUT2D eigenvalue weighted by Crippen LogP contribution is -2.31. The van der Waals surface area contributed by atoms with Gasteiger partial charge in [0.15, 0.2) is 23.0 Å². The average Bonchev–Trinajstić information content (AvgIpc) is 3.69. The molecule has 1 N–H and O–H groups in total. The summed E-state index contributed by atoms with van der Waals surface area (Å²) in [5.74, 6) is 0.255. The number of carbonyl (C=O) groups excluding carboxylic acids is 2. The van der Waals surface area contributed by atoms with Crippen molar-refractivity contribution in [1.82, 2.24) is 14.5 Å². The van der Waals surface area contributed by atoms with Crippen LogP contribution in [0, 0.1) is 0 Å². The number of ketones is 1. The van der Waals surface area contributed by atoms with Crippen LogP contribution in [0.25, 0.3) is 5.76 Å². The number of imidazole rings is 1. The van der Waals surface area contributed by atoms with Crippen LogP contribution in [-0.2, 0) is 16.1 Å². The molecule has 1 saturated heterocycles. The third-order valence-electron chi connectivity index (χ3n) is 6.57. The number of carbonyl (C=O) groups is 2. The van der Waals surface area contributed by atoms with Crippen LogP contribution in [0.2, 0.25) is 0 Å². The summed E-state index contributed by atoms with van der Waals surface area (Å²) < 4.78 is 29.1. The van der Waals surface area contributed by atoms with E-state index in [0.717, 1.165) is 0 Å². The topological polar surface area (TPSA) is 122 Å². The molecule has 2 aliphatic heterocycles. The van der Waals surface area contributed by atoms with Gasteiger partial charge in [-0.3, -0.25) is 9.59 Å². The van der Waals surface area contributed by atoms with Gasteiger partial charge in [0.2, 0.25) is 12.5 Å². The number of aliphatic hydroxyl groups excluding tert-OH is 1. The molecule has 2 aromatic carbocycles. The summed E-state index contributed by atoms with van der Waals surface area (Å²) in [6.45, 7) is 0.870. The number of ether oxygens (including phenoxy) is 5. The minimum absolute atomic E-state index is 0.0197. The van der Waals surface area contributed by atoms with Crippen molar-refractivity contribution in [3.8, 4) is 28.7 Å². The van der Waals surface area contributed by atoms with Gasteiger partial charge < -0.3 is 38.3 Å². The van der Waals surface area contributed by atoms with Gasteiger partial charge in [0.05, 0.1) is 39.3 Å². The molecule has 2 aliphatic rings. The van der Waals surface area contributed by atoms with E-state index in [9.17, 15) is 14.7 Å². The average molecular weight is 522 g/mol. The van der Waals surface area contributed by atoms with Crippen molar-refractivity contribution in [2.75, 3.05) is 34.7 Å². The van der Waals surface area contributed by atoms with Crippen molar-refractivity contribution in [3.05, 3.63) is 65.8 Å². The van der Waals surface area contributed by atoms with Crippen LogP contribution in [0.4, 0.5) is 0 Å². The van der Waals surface area contributed by atoms with Crippen molar-refractivity contribution in [3.63, 3.8) is 0 Å². The molecule has 1 fully saturated rings. The number of likely N-dealkylation sites (tertiary alicyclic amines) is 1. The van der Waals surface area contributed by atoms with E-state index in [4.69, 9.17) is 23.7 Å². The maximum atomic E-state index is 13.4. The van der Waals surface area contributed by atoms with E-state index >= 15 is 0 Å². The summed E-state index contributed by atoms with van der Waals surface area (Å²) in [4.78, 5) is 32.2. The first kappa shape index (κ1) is 25.0. The highest BCUT2D eigenvalue weighted by Crippen LogP contribution is 2.47. The van der Waals surface area contributed by atoms with Crippen LogP contribution < -0.4 is 23.7 Å². The molecule has 3 heterocycles. The standard InChI is InChI=1S/C27H27N3O8/c1-34-18-6-5-16(11-19(18)35-2)24(31)22-23(17-12-20(36-3)26-21(13-17)37-15-38-26)30(27(33)25(22)32)9-4-8-29-10-7-28-14-29/h5-7,10-14,23,31H,4,8-9,15H2,1-3H3/t23-/m0/s1. The number of aryl methyl sites for hydroxylation is 1. The Labute approximate surface area is 218 Å². The van der Waals surface area contributed by atoms with Gasteiger partial charge in [0.25, 0.3) is 11.7 Å².